The quantitative estimate of drug-likeness (QED) is 0.269. The van der Waals surface area contributed by atoms with Gasteiger partial charge in [0.15, 0.2) is 17.1 Å². The van der Waals surface area contributed by atoms with E-state index in [9.17, 15) is 19.5 Å². The maximum absolute atomic E-state index is 14.6. The van der Waals surface area contributed by atoms with Gasteiger partial charge in [-0.3, -0.25) is 14.4 Å². The van der Waals surface area contributed by atoms with E-state index in [1.807, 2.05) is 11.5 Å². The first-order chi connectivity index (χ1) is 24.1. The summed E-state index contributed by atoms with van der Waals surface area (Å²) in [6, 6.07) is 3.29. The largest absolute Gasteiger partial charge is 0.504 e. The molecule has 0 spiro atoms. The fraction of sp³-hybridized carbons (Fsp3) is 0.528. The standard InChI is InChI=1S/C36H41N9O5/c1-4-24-30(42-11-12-43(26-8-7-25(26)42)34(49)29-31(47)20(2)38-19-39-29)32(48)23-14-45(22-9-10-37-28(13-22)50-3)41-33(23)44(24)15-27(46)40-36-16-35(17-36,18-36)21-5-6-21/h9-10,13-14,19,21,25-26,47H,4-8,11-12,15-18H2,1-3H3,(H,40,46)/t25-,26-,35?,36?/m0/s1. The van der Waals surface area contributed by atoms with Crippen LogP contribution in [0.25, 0.3) is 16.7 Å². The van der Waals surface area contributed by atoms with Gasteiger partial charge in [-0.15, -0.1) is 5.10 Å². The minimum atomic E-state index is -0.339. The Labute approximate surface area is 288 Å². The summed E-state index contributed by atoms with van der Waals surface area (Å²) >= 11 is 0. The molecular formula is C36H41N9O5. The maximum atomic E-state index is 14.6. The highest BCUT2D eigenvalue weighted by Gasteiger charge is 2.72. The van der Waals surface area contributed by atoms with Crippen molar-refractivity contribution in [2.45, 2.75) is 89.4 Å². The molecule has 50 heavy (non-hydrogen) atoms. The Morgan fingerprint density at radius 1 is 1.08 bits per heavy atom. The smallest absolute Gasteiger partial charge is 0.276 e. The topological polar surface area (TPSA) is 161 Å². The molecule has 10 rings (SSSR count). The molecule has 5 saturated carbocycles. The number of methoxy groups -OCH3 is 1. The second kappa shape index (κ2) is 11.0. The van der Waals surface area contributed by atoms with Crippen molar-refractivity contribution in [3.05, 3.63) is 58.2 Å². The molecule has 6 fully saturated rings. The molecule has 1 saturated heterocycles. The molecule has 6 aliphatic rings. The Hall–Kier alpha value is -5.01. The molecule has 0 radical (unpaired) electrons. The molecule has 0 unspecified atom stereocenters. The molecule has 2 N–H and O–H groups in total. The summed E-state index contributed by atoms with van der Waals surface area (Å²) in [5.74, 6) is 0.640. The lowest BCUT2D eigenvalue weighted by atomic mass is 9.37. The van der Waals surface area contributed by atoms with Gasteiger partial charge < -0.3 is 29.5 Å². The van der Waals surface area contributed by atoms with Crippen LogP contribution in [0.15, 0.2) is 35.6 Å². The Balaban J connectivity index is 1.08. The van der Waals surface area contributed by atoms with Crippen LogP contribution in [0.5, 0.6) is 11.6 Å². The molecule has 2 bridgehead atoms. The van der Waals surface area contributed by atoms with Crippen LogP contribution in [-0.2, 0) is 17.8 Å². The third-order valence-corrected chi connectivity index (χ3v) is 12.1. The number of fused-ring (bicyclic) bond motifs is 2. The number of aromatic hydroxyl groups is 1. The molecular weight excluding hydrogens is 638 g/mol. The predicted molar refractivity (Wildman–Crippen MR) is 183 cm³/mol. The van der Waals surface area contributed by atoms with Gasteiger partial charge >= 0.3 is 0 Å². The van der Waals surface area contributed by atoms with Crippen molar-refractivity contribution in [2.24, 2.45) is 11.3 Å². The van der Waals surface area contributed by atoms with Crippen LogP contribution in [0, 0.1) is 18.3 Å². The van der Waals surface area contributed by atoms with E-state index in [-0.39, 0.29) is 52.9 Å². The summed E-state index contributed by atoms with van der Waals surface area (Å²) in [5, 5.41) is 19.3. The van der Waals surface area contributed by atoms with E-state index in [1.54, 1.807) is 48.1 Å². The third kappa shape index (κ3) is 4.56. The van der Waals surface area contributed by atoms with Gasteiger partial charge in [0, 0.05) is 48.8 Å². The van der Waals surface area contributed by atoms with Gasteiger partial charge in [-0.05, 0) is 75.7 Å². The Bertz CT molecular complexity index is 2120. The van der Waals surface area contributed by atoms with Crippen LogP contribution in [0.4, 0.5) is 5.69 Å². The minimum absolute atomic E-state index is 0.00689. The number of anilines is 1. The molecule has 0 aromatic carbocycles. The summed E-state index contributed by atoms with van der Waals surface area (Å²) in [6.07, 6.45) is 12.6. The molecule has 260 valence electrons. The van der Waals surface area contributed by atoms with Gasteiger partial charge in [0.25, 0.3) is 5.91 Å². The molecule has 5 aliphatic carbocycles. The number of rotatable bonds is 9. The van der Waals surface area contributed by atoms with Crippen LogP contribution in [-0.4, -0.2) is 88.9 Å². The molecule has 14 heteroatoms. The molecule has 5 heterocycles. The lowest BCUT2D eigenvalue weighted by Crippen LogP contribution is -2.75. The first-order valence-electron chi connectivity index (χ1n) is 17.7. The fourth-order valence-corrected chi connectivity index (χ4v) is 9.48. The molecule has 4 aromatic heterocycles. The van der Waals surface area contributed by atoms with E-state index in [1.165, 1.54) is 19.2 Å². The van der Waals surface area contributed by atoms with Crippen molar-refractivity contribution < 1.29 is 19.4 Å². The molecule has 1 aliphatic heterocycles. The number of nitrogens with zero attached hydrogens (tertiary/aromatic N) is 8. The number of amides is 2. The van der Waals surface area contributed by atoms with Crippen LogP contribution in [0.1, 0.15) is 73.7 Å². The van der Waals surface area contributed by atoms with Crippen molar-refractivity contribution in [3.8, 4) is 17.3 Å². The second-order valence-electron chi connectivity index (χ2n) is 15.0. The highest BCUT2D eigenvalue weighted by molar-refractivity contribution is 5.95. The number of ether oxygens (including phenoxy) is 1. The summed E-state index contributed by atoms with van der Waals surface area (Å²) < 4.78 is 8.91. The zero-order chi connectivity index (χ0) is 34.5. The van der Waals surface area contributed by atoms with Gasteiger partial charge in [0.1, 0.15) is 18.6 Å². The third-order valence-electron chi connectivity index (χ3n) is 12.1. The first-order valence-corrected chi connectivity index (χ1v) is 17.7. The molecule has 4 aromatic rings. The second-order valence-corrected chi connectivity index (χ2v) is 15.0. The zero-order valence-corrected chi connectivity index (χ0v) is 28.6. The van der Waals surface area contributed by atoms with Gasteiger partial charge in [-0.2, -0.15) is 0 Å². The molecule has 14 nitrogen and oxygen atoms in total. The zero-order valence-electron chi connectivity index (χ0n) is 28.6. The Kier molecular flexibility index (Phi) is 6.82. The van der Waals surface area contributed by atoms with Crippen molar-refractivity contribution in [3.63, 3.8) is 0 Å². The Morgan fingerprint density at radius 2 is 1.86 bits per heavy atom. The number of hydrogen-bond donors (Lipinski definition) is 2. The Morgan fingerprint density at radius 3 is 2.56 bits per heavy atom. The fourth-order valence-electron chi connectivity index (χ4n) is 9.48. The monoisotopic (exact) mass is 679 g/mol. The van der Waals surface area contributed by atoms with E-state index >= 15 is 0 Å². The SMILES string of the molecule is CCc1c(N2CCN(C(=O)c3ncnc(C)c3O)[C@H]3CC[C@@H]32)c(=O)c2cn(-c3ccnc(OC)c3)nc2n1CC(=O)NC12CC(C3CC3)(C1)C2. The van der Waals surface area contributed by atoms with E-state index < -0.39 is 0 Å². The number of pyridine rings is 2. The summed E-state index contributed by atoms with van der Waals surface area (Å²) in [4.78, 5) is 58.4. The lowest BCUT2D eigenvalue weighted by molar-refractivity contribution is -0.176. The van der Waals surface area contributed by atoms with Crippen molar-refractivity contribution in [2.75, 3.05) is 25.1 Å². The van der Waals surface area contributed by atoms with Gasteiger partial charge in [-0.25, -0.2) is 19.6 Å². The van der Waals surface area contributed by atoms with Crippen molar-refractivity contribution in [1.82, 2.24) is 39.5 Å². The van der Waals surface area contributed by atoms with Gasteiger partial charge in [-0.1, -0.05) is 6.92 Å². The molecule has 2 atom stereocenters. The van der Waals surface area contributed by atoms with Crippen molar-refractivity contribution in [1.29, 1.82) is 0 Å². The van der Waals surface area contributed by atoms with E-state index in [2.05, 4.69) is 25.2 Å². The maximum Gasteiger partial charge on any atom is 0.276 e. The van der Waals surface area contributed by atoms with E-state index in [0.717, 1.165) is 43.7 Å². The van der Waals surface area contributed by atoms with Gasteiger partial charge in [0.05, 0.1) is 29.9 Å². The lowest BCUT2D eigenvalue weighted by Gasteiger charge is -2.71. The van der Waals surface area contributed by atoms with Gasteiger partial charge in [0.2, 0.25) is 17.2 Å². The number of piperazine rings is 1. The normalized spacial score (nSPS) is 26.5. The van der Waals surface area contributed by atoms with Crippen molar-refractivity contribution >= 4 is 28.5 Å². The summed E-state index contributed by atoms with van der Waals surface area (Å²) in [6.45, 7) is 4.45. The average molecular weight is 680 g/mol. The number of carbonyl (C=O) groups is 2. The van der Waals surface area contributed by atoms with Crippen LogP contribution in [0.3, 0.4) is 0 Å². The molecule has 2 amide bonds. The average Bonchev–Trinajstić information content (AvgIpc) is 3.81. The predicted octanol–water partition coefficient (Wildman–Crippen LogP) is 2.90. The number of aryl methyl sites for hydroxylation is 1. The highest BCUT2D eigenvalue weighted by atomic mass is 16.5. The van der Waals surface area contributed by atoms with Crippen LogP contribution in [0.2, 0.25) is 0 Å². The summed E-state index contributed by atoms with van der Waals surface area (Å²) in [7, 11) is 1.55. The first kappa shape index (κ1) is 31.0. The number of nitrogens with one attached hydrogen (secondary N) is 1. The number of aromatic nitrogens is 6. The number of carbonyl (C=O) groups excluding carboxylic acids is 2. The van der Waals surface area contributed by atoms with E-state index in [0.29, 0.717) is 58.9 Å². The van der Waals surface area contributed by atoms with E-state index in [4.69, 9.17) is 9.84 Å². The summed E-state index contributed by atoms with van der Waals surface area (Å²) in [5.41, 5.74) is 2.97. The highest BCUT2D eigenvalue weighted by Crippen LogP contribution is 2.75. The minimum Gasteiger partial charge on any atom is -0.504 e. The number of hydrogen-bond acceptors (Lipinski definition) is 10. The van der Waals surface area contributed by atoms with Crippen LogP contribution < -0.4 is 20.4 Å². The van der Waals surface area contributed by atoms with Crippen LogP contribution >= 0.6 is 0 Å².